The van der Waals surface area contributed by atoms with Gasteiger partial charge < -0.3 is 5.11 Å². The topological polar surface area (TPSA) is 23.5 Å². The summed E-state index contributed by atoms with van der Waals surface area (Å²) in [5.41, 5.74) is 1.27. The first-order valence-corrected chi connectivity index (χ1v) is 5.30. The number of hydrogen-bond donors (Lipinski definition) is 1. The van der Waals surface area contributed by atoms with E-state index in [0.717, 1.165) is 6.54 Å². The standard InChI is InChI=1S/C13H19NO/c1-3-9-14(10-11-15)12(2)13-7-5-4-6-8-13/h3-8,12,15H,1,9-11H2,2H3. The van der Waals surface area contributed by atoms with Gasteiger partial charge in [0, 0.05) is 19.1 Å². The number of aliphatic hydroxyl groups is 1. The Morgan fingerprint density at radius 2 is 2.07 bits per heavy atom. The highest BCUT2D eigenvalue weighted by molar-refractivity contribution is 5.18. The molecule has 1 unspecified atom stereocenters. The highest BCUT2D eigenvalue weighted by Crippen LogP contribution is 2.18. The van der Waals surface area contributed by atoms with Crippen molar-refractivity contribution in [1.82, 2.24) is 4.90 Å². The predicted molar refractivity (Wildman–Crippen MR) is 63.7 cm³/mol. The first-order chi connectivity index (χ1) is 7.29. The molecule has 0 saturated heterocycles. The lowest BCUT2D eigenvalue weighted by Crippen LogP contribution is -2.30. The summed E-state index contributed by atoms with van der Waals surface area (Å²) < 4.78 is 0. The van der Waals surface area contributed by atoms with Crippen LogP contribution in [0.2, 0.25) is 0 Å². The fourth-order valence-electron chi connectivity index (χ4n) is 1.68. The molecule has 0 saturated carbocycles. The molecule has 2 nitrogen and oxygen atoms in total. The fraction of sp³-hybridized carbons (Fsp3) is 0.385. The molecule has 0 radical (unpaired) electrons. The first kappa shape index (κ1) is 12.0. The maximum absolute atomic E-state index is 8.98. The Labute approximate surface area is 91.9 Å². The van der Waals surface area contributed by atoms with E-state index in [1.807, 2.05) is 24.3 Å². The van der Waals surface area contributed by atoms with Crippen LogP contribution in [-0.2, 0) is 0 Å². The molecule has 0 aliphatic rings. The third-order valence-corrected chi connectivity index (χ3v) is 2.58. The van der Waals surface area contributed by atoms with Gasteiger partial charge in [0.05, 0.1) is 6.61 Å². The summed E-state index contributed by atoms with van der Waals surface area (Å²) in [6.07, 6.45) is 1.87. The van der Waals surface area contributed by atoms with Crippen LogP contribution in [0.1, 0.15) is 18.5 Å². The molecule has 1 aromatic rings. The minimum absolute atomic E-state index is 0.186. The van der Waals surface area contributed by atoms with Crippen LogP contribution in [0.3, 0.4) is 0 Å². The van der Waals surface area contributed by atoms with E-state index >= 15 is 0 Å². The molecular formula is C13H19NO. The fourth-order valence-corrected chi connectivity index (χ4v) is 1.68. The van der Waals surface area contributed by atoms with Gasteiger partial charge in [0.2, 0.25) is 0 Å². The summed E-state index contributed by atoms with van der Waals surface area (Å²) in [5, 5.41) is 8.98. The van der Waals surface area contributed by atoms with E-state index < -0.39 is 0 Å². The Balaban J connectivity index is 2.71. The van der Waals surface area contributed by atoms with Gasteiger partial charge in [0.25, 0.3) is 0 Å². The molecule has 15 heavy (non-hydrogen) atoms. The number of hydrogen-bond acceptors (Lipinski definition) is 2. The van der Waals surface area contributed by atoms with Gasteiger partial charge in [-0.3, -0.25) is 4.90 Å². The molecule has 1 rings (SSSR count). The summed E-state index contributed by atoms with van der Waals surface area (Å²) >= 11 is 0. The molecule has 0 spiro atoms. The van der Waals surface area contributed by atoms with Crippen LogP contribution in [0.4, 0.5) is 0 Å². The normalized spacial score (nSPS) is 12.7. The molecule has 1 atom stereocenters. The van der Waals surface area contributed by atoms with Crippen LogP contribution in [0.5, 0.6) is 0 Å². The molecule has 2 heteroatoms. The Morgan fingerprint density at radius 1 is 1.40 bits per heavy atom. The second-order valence-corrected chi connectivity index (χ2v) is 3.59. The minimum Gasteiger partial charge on any atom is -0.395 e. The summed E-state index contributed by atoms with van der Waals surface area (Å²) in [5.74, 6) is 0. The van der Waals surface area contributed by atoms with Gasteiger partial charge in [-0.2, -0.15) is 0 Å². The van der Waals surface area contributed by atoms with E-state index in [1.54, 1.807) is 0 Å². The van der Waals surface area contributed by atoms with E-state index in [0.29, 0.717) is 12.6 Å². The van der Waals surface area contributed by atoms with Crippen LogP contribution in [0, 0.1) is 0 Å². The Kier molecular flexibility index (Phi) is 5.08. The van der Waals surface area contributed by atoms with E-state index in [2.05, 4.69) is 30.5 Å². The van der Waals surface area contributed by atoms with Crippen LogP contribution in [0.25, 0.3) is 0 Å². The maximum Gasteiger partial charge on any atom is 0.0558 e. The second kappa shape index (κ2) is 6.38. The first-order valence-electron chi connectivity index (χ1n) is 5.30. The van der Waals surface area contributed by atoms with Gasteiger partial charge in [-0.25, -0.2) is 0 Å². The molecule has 0 aromatic heterocycles. The van der Waals surface area contributed by atoms with Gasteiger partial charge in [-0.05, 0) is 12.5 Å². The van der Waals surface area contributed by atoms with Crippen molar-refractivity contribution in [2.45, 2.75) is 13.0 Å². The number of rotatable bonds is 6. The lowest BCUT2D eigenvalue weighted by molar-refractivity contribution is 0.173. The minimum atomic E-state index is 0.186. The number of nitrogens with zero attached hydrogens (tertiary/aromatic N) is 1. The SMILES string of the molecule is C=CCN(CCO)C(C)c1ccccc1. The average molecular weight is 205 g/mol. The van der Waals surface area contributed by atoms with Crippen molar-refractivity contribution in [3.8, 4) is 0 Å². The molecular weight excluding hydrogens is 186 g/mol. The highest BCUT2D eigenvalue weighted by Gasteiger charge is 2.12. The van der Waals surface area contributed by atoms with Crippen molar-refractivity contribution in [3.05, 3.63) is 48.6 Å². The van der Waals surface area contributed by atoms with Gasteiger partial charge in [-0.15, -0.1) is 6.58 Å². The van der Waals surface area contributed by atoms with Gasteiger partial charge >= 0.3 is 0 Å². The zero-order chi connectivity index (χ0) is 11.1. The highest BCUT2D eigenvalue weighted by atomic mass is 16.3. The molecule has 1 aromatic carbocycles. The van der Waals surface area contributed by atoms with Crippen molar-refractivity contribution < 1.29 is 5.11 Å². The number of benzene rings is 1. The van der Waals surface area contributed by atoms with E-state index in [-0.39, 0.29) is 6.61 Å². The monoisotopic (exact) mass is 205 g/mol. The van der Waals surface area contributed by atoms with Crippen LogP contribution >= 0.6 is 0 Å². The third-order valence-electron chi connectivity index (χ3n) is 2.58. The number of aliphatic hydroxyl groups excluding tert-OH is 1. The third kappa shape index (κ3) is 3.50. The molecule has 0 fully saturated rings. The largest absolute Gasteiger partial charge is 0.395 e. The van der Waals surface area contributed by atoms with Crippen LogP contribution in [0.15, 0.2) is 43.0 Å². The quantitative estimate of drug-likeness (QED) is 0.720. The Bertz CT molecular complexity index is 284. The second-order valence-electron chi connectivity index (χ2n) is 3.59. The average Bonchev–Trinajstić information content (AvgIpc) is 2.29. The van der Waals surface area contributed by atoms with Crippen LogP contribution < -0.4 is 0 Å². The van der Waals surface area contributed by atoms with E-state index in [1.165, 1.54) is 5.56 Å². The van der Waals surface area contributed by atoms with Crippen molar-refractivity contribution in [2.24, 2.45) is 0 Å². The zero-order valence-electron chi connectivity index (χ0n) is 9.26. The summed E-state index contributed by atoms with van der Waals surface area (Å²) in [7, 11) is 0. The molecule has 0 amide bonds. The molecule has 82 valence electrons. The molecule has 0 bridgehead atoms. The predicted octanol–water partition coefficient (Wildman–Crippen LogP) is 2.23. The van der Waals surface area contributed by atoms with Crippen LogP contribution in [-0.4, -0.2) is 29.7 Å². The van der Waals surface area contributed by atoms with Crippen molar-refractivity contribution in [3.63, 3.8) is 0 Å². The Morgan fingerprint density at radius 3 is 2.60 bits per heavy atom. The Hall–Kier alpha value is -1.12. The van der Waals surface area contributed by atoms with Gasteiger partial charge in [0.1, 0.15) is 0 Å². The summed E-state index contributed by atoms with van der Waals surface area (Å²) in [4.78, 5) is 2.20. The van der Waals surface area contributed by atoms with Crippen molar-refractivity contribution >= 4 is 0 Å². The van der Waals surface area contributed by atoms with Gasteiger partial charge in [0.15, 0.2) is 0 Å². The van der Waals surface area contributed by atoms with Crippen molar-refractivity contribution in [1.29, 1.82) is 0 Å². The lowest BCUT2D eigenvalue weighted by atomic mass is 10.1. The van der Waals surface area contributed by atoms with E-state index in [9.17, 15) is 0 Å². The van der Waals surface area contributed by atoms with E-state index in [4.69, 9.17) is 5.11 Å². The summed E-state index contributed by atoms with van der Waals surface area (Å²) in [6, 6.07) is 10.6. The molecule has 0 aliphatic carbocycles. The smallest absolute Gasteiger partial charge is 0.0558 e. The summed E-state index contributed by atoms with van der Waals surface area (Å²) in [6.45, 7) is 7.55. The zero-order valence-corrected chi connectivity index (χ0v) is 9.26. The lowest BCUT2D eigenvalue weighted by Gasteiger charge is -2.27. The molecule has 0 heterocycles. The molecule has 1 N–H and O–H groups in total. The maximum atomic E-state index is 8.98. The molecule has 0 aliphatic heterocycles. The van der Waals surface area contributed by atoms with Gasteiger partial charge in [-0.1, -0.05) is 36.4 Å². The van der Waals surface area contributed by atoms with Crippen molar-refractivity contribution in [2.75, 3.05) is 19.7 Å².